The Morgan fingerprint density at radius 2 is 2.03 bits per heavy atom. The molecule has 3 aromatic heterocycles. The number of nitrogen functional groups attached to an aromatic ring is 1. The SMILES string of the molecule is CCc1ccccc1NC(=O)c1sc2nc3c(c(-c4ccco4)c2c1N)CCCC3. The van der Waals surface area contributed by atoms with E-state index in [0.29, 0.717) is 10.6 Å². The minimum absolute atomic E-state index is 0.195. The molecule has 0 saturated heterocycles. The van der Waals surface area contributed by atoms with Gasteiger partial charge in [-0.1, -0.05) is 25.1 Å². The fourth-order valence-corrected chi connectivity index (χ4v) is 5.32. The van der Waals surface area contributed by atoms with Crippen molar-refractivity contribution in [3.63, 3.8) is 0 Å². The zero-order valence-electron chi connectivity index (χ0n) is 16.8. The maximum absolute atomic E-state index is 13.2. The Hall–Kier alpha value is -3.12. The Balaban J connectivity index is 1.65. The van der Waals surface area contributed by atoms with Crippen molar-refractivity contribution in [2.24, 2.45) is 0 Å². The molecule has 0 radical (unpaired) electrons. The summed E-state index contributed by atoms with van der Waals surface area (Å²) in [7, 11) is 0. The summed E-state index contributed by atoms with van der Waals surface area (Å²) in [6.07, 6.45) is 6.67. The number of nitrogens with two attached hydrogens (primary N) is 1. The summed E-state index contributed by atoms with van der Waals surface area (Å²) < 4.78 is 5.77. The van der Waals surface area contributed by atoms with Gasteiger partial charge in [-0.2, -0.15) is 0 Å². The van der Waals surface area contributed by atoms with Crippen molar-refractivity contribution >= 4 is 38.8 Å². The number of anilines is 2. The van der Waals surface area contributed by atoms with Crippen LogP contribution in [0.15, 0.2) is 47.1 Å². The van der Waals surface area contributed by atoms with Gasteiger partial charge in [0.2, 0.25) is 0 Å². The molecule has 3 heterocycles. The van der Waals surface area contributed by atoms with E-state index in [-0.39, 0.29) is 5.91 Å². The third kappa shape index (κ3) is 3.08. The number of fused-ring (bicyclic) bond motifs is 2. The molecule has 0 spiro atoms. The molecule has 1 aromatic carbocycles. The lowest BCUT2D eigenvalue weighted by molar-refractivity contribution is 0.103. The number of furan rings is 1. The fourth-order valence-electron chi connectivity index (χ4n) is 4.30. The number of carbonyl (C=O) groups is 1. The number of para-hydroxylation sites is 1. The number of nitrogens with zero attached hydrogens (tertiary/aromatic N) is 1. The van der Waals surface area contributed by atoms with Crippen LogP contribution in [0.2, 0.25) is 0 Å². The van der Waals surface area contributed by atoms with Gasteiger partial charge in [0, 0.05) is 22.3 Å². The molecule has 152 valence electrons. The highest BCUT2D eigenvalue weighted by molar-refractivity contribution is 7.21. The van der Waals surface area contributed by atoms with Crippen LogP contribution in [0, 0.1) is 0 Å². The number of benzene rings is 1. The molecule has 0 saturated carbocycles. The van der Waals surface area contributed by atoms with E-state index >= 15 is 0 Å². The van der Waals surface area contributed by atoms with Crippen molar-refractivity contribution in [1.82, 2.24) is 4.98 Å². The number of aromatic nitrogens is 1. The number of hydrogen-bond donors (Lipinski definition) is 2. The van der Waals surface area contributed by atoms with Gasteiger partial charge < -0.3 is 15.5 Å². The first-order valence-electron chi connectivity index (χ1n) is 10.3. The second kappa shape index (κ2) is 7.61. The van der Waals surface area contributed by atoms with Crippen molar-refractivity contribution in [3.05, 3.63) is 64.4 Å². The molecule has 1 aliphatic carbocycles. The summed E-state index contributed by atoms with van der Waals surface area (Å²) in [5.41, 5.74) is 12.3. The maximum atomic E-state index is 13.2. The number of thiophene rings is 1. The smallest absolute Gasteiger partial charge is 0.267 e. The molecule has 1 aliphatic rings. The fraction of sp³-hybridized carbons (Fsp3) is 0.250. The first-order chi connectivity index (χ1) is 14.7. The third-order valence-corrected chi connectivity index (χ3v) is 6.87. The van der Waals surface area contributed by atoms with Crippen LogP contribution in [0.25, 0.3) is 21.5 Å². The van der Waals surface area contributed by atoms with Crippen LogP contribution in [-0.2, 0) is 19.3 Å². The molecule has 0 bridgehead atoms. The standard InChI is InChI=1S/C24H23N3O2S/c1-2-14-8-3-5-10-16(14)26-23(28)22-21(25)20-19(18-12-7-13-29-18)15-9-4-6-11-17(15)27-24(20)30-22/h3,5,7-8,10,12-13H,2,4,6,9,11,25H2,1H3,(H,26,28). The molecule has 0 aliphatic heterocycles. The maximum Gasteiger partial charge on any atom is 0.267 e. The molecule has 3 N–H and O–H groups in total. The summed E-state index contributed by atoms with van der Waals surface area (Å²) in [6.45, 7) is 2.07. The number of pyridine rings is 1. The average molecular weight is 418 g/mol. The first-order valence-corrected chi connectivity index (χ1v) is 11.2. The normalized spacial score (nSPS) is 13.4. The van der Waals surface area contributed by atoms with Crippen LogP contribution in [0.3, 0.4) is 0 Å². The predicted molar refractivity (Wildman–Crippen MR) is 122 cm³/mol. The van der Waals surface area contributed by atoms with Gasteiger partial charge in [0.05, 0.1) is 12.0 Å². The molecule has 30 heavy (non-hydrogen) atoms. The van der Waals surface area contributed by atoms with Gasteiger partial charge in [0.25, 0.3) is 5.91 Å². The summed E-state index contributed by atoms with van der Waals surface area (Å²) >= 11 is 1.36. The molecule has 6 heteroatoms. The number of nitrogens with one attached hydrogen (secondary N) is 1. The van der Waals surface area contributed by atoms with Crippen LogP contribution >= 0.6 is 11.3 Å². The van der Waals surface area contributed by atoms with Gasteiger partial charge in [0.15, 0.2) is 0 Å². The molecular formula is C24H23N3O2S. The third-order valence-electron chi connectivity index (χ3n) is 5.77. The van der Waals surface area contributed by atoms with Crippen LogP contribution in [0.1, 0.15) is 46.3 Å². The Bertz CT molecular complexity index is 1240. The van der Waals surface area contributed by atoms with E-state index < -0.39 is 0 Å². The highest BCUT2D eigenvalue weighted by Crippen LogP contribution is 2.44. The zero-order valence-corrected chi connectivity index (χ0v) is 17.6. The van der Waals surface area contributed by atoms with Crippen molar-refractivity contribution in [2.45, 2.75) is 39.0 Å². The minimum Gasteiger partial charge on any atom is -0.464 e. The molecule has 5 nitrogen and oxygen atoms in total. The van der Waals surface area contributed by atoms with E-state index in [9.17, 15) is 4.79 Å². The Morgan fingerprint density at radius 1 is 1.20 bits per heavy atom. The zero-order chi connectivity index (χ0) is 20.7. The van der Waals surface area contributed by atoms with E-state index in [1.54, 1.807) is 6.26 Å². The monoisotopic (exact) mass is 417 g/mol. The molecule has 0 atom stereocenters. The molecule has 1 amide bonds. The van der Waals surface area contributed by atoms with Gasteiger partial charge in [0.1, 0.15) is 15.5 Å². The van der Waals surface area contributed by atoms with Crippen LogP contribution in [0.5, 0.6) is 0 Å². The van der Waals surface area contributed by atoms with E-state index in [1.807, 2.05) is 36.4 Å². The summed E-state index contributed by atoms with van der Waals surface area (Å²) in [5.74, 6) is 0.591. The van der Waals surface area contributed by atoms with Gasteiger partial charge in [-0.15, -0.1) is 11.3 Å². The van der Waals surface area contributed by atoms with Crippen molar-refractivity contribution in [3.8, 4) is 11.3 Å². The highest BCUT2D eigenvalue weighted by Gasteiger charge is 2.27. The number of carbonyl (C=O) groups excluding carboxylic acids is 1. The summed E-state index contributed by atoms with van der Waals surface area (Å²) in [6, 6.07) is 11.7. The highest BCUT2D eigenvalue weighted by atomic mass is 32.1. The molecule has 4 aromatic rings. The van der Waals surface area contributed by atoms with Crippen LogP contribution in [-0.4, -0.2) is 10.9 Å². The summed E-state index contributed by atoms with van der Waals surface area (Å²) in [4.78, 5) is 19.4. The Labute approximate surface area is 178 Å². The van der Waals surface area contributed by atoms with Crippen LogP contribution < -0.4 is 11.1 Å². The number of hydrogen-bond acceptors (Lipinski definition) is 5. The lowest BCUT2D eigenvalue weighted by atomic mass is 9.89. The minimum atomic E-state index is -0.195. The van der Waals surface area contributed by atoms with E-state index in [4.69, 9.17) is 15.1 Å². The van der Waals surface area contributed by atoms with Gasteiger partial charge in [-0.3, -0.25) is 4.79 Å². The van der Waals surface area contributed by atoms with Crippen molar-refractivity contribution in [1.29, 1.82) is 0 Å². The molecule has 5 rings (SSSR count). The largest absolute Gasteiger partial charge is 0.464 e. The molecule has 0 unspecified atom stereocenters. The van der Waals surface area contributed by atoms with E-state index in [0.717, 1.165) is 70.6 Å². The number of aryl methyl sites for hydroxylation is 2. The topological polar surface area (TPSA) is 81.2 Å². The lowest BCUT2D eigenvalue weighted by Gasteiger charge is -2.18. The van der Waals surface area contributed by atoms with Gasteiger partial charge >= 0.3 is 0 Å². The van der Waals surface area contributed by atoms with Crippen molar-refractivity contribution < 1.29 is 9.21 Å². The van der Waals surface area contributed by atoms with Crippen molar-refractivity contribution in [2.75, 3.05) is 11.1 Å². The van der Waals surface area contributed by atoms with Crippen LogP contribution in [0.4, 0.5) is 11.4 Å². The van der Waals surface area contributed by atoms with E-state index in [1.165, 1.54) is 16.9 Å². The Kier molecular flexibility index (Phi) is 4.79. The van der Waals surface area contributed by atoms with E-state index in [2.05, 4.69) is 12.2 Å². The van der Waals surface area contributed by atoms with Gasteiger partial charge in [-0.25, -0.2) is 4.98 Å². The molecule has 0 fully saturated rings. The lowest BCUT2D eigenvalue weighted by Crippen LogP contribution is -2.13. The number of amides is 1. The Morgan fingerprint density at radius 3 is 2.83 bits per heavy atom. The second-order valence-electron chi connectivity index (χ2n) is 7.59. The van der Waals surface area contributed by atoms with Gasteiger partial charge in [-0.05, 0) is 61.4 Å². The second-order valence-corrected chi connectivity index (χ2v) is 8.59. The number of rotatable bonds is 4. The predicted octanol–water partition coefficient (Wildman–Crippen LogP) is 5.83. The summed E-state index contributed by atoms with van der Waals surface area (Å²) in [5, 5.41) is 3.88. The average Bonchev–Trinajstić information content (AvgIpc) is 3.41. The molecular weight excluding hydrogens is 394 g/mol. The quantitative estimate of drug-likeness (QED) is 0.438. The first kappa shape index (κ1) is 18.9.